The molecule has 3 heterocycles. The number of aryl methyl sites for hydroxylation is 1. The standard InChI is InChI=1S/C29H33N3O7S/c1-16-23(25-30-13-14-38-25)40-27-20(31-24(26(34)32(16)27)29(2,3)28(35)36)15-22(19-7-5-6-8-21(19)37-4)39-18-11-9-17(33)10-12-18/h5-8,13-14,17-18,22,33H,9-12,15H2,1-4H3,(H,35,36)/t17-,18+,22-/m0/s1. The summed E-state index contributed by atoms with van der Waals surface area (Å²) >= 11 is 1.32. The summed E-state index contributed by atoms with van der Waals surface area (Å²) in [5.74, 6) is -0.127. The first kappa shape index (κ1) is 28.0. The number of aromatic nitrogens is 3. The van der Waals surface area contributed by atoms with Crippen LogP contribution in [0.1, 0.15) is 68.3 Å². The second kappa shape index (κ2) is 11.1. The second-order valence-corrected chi connectivity index (χ2v) is 11.6. The lowest BCUT2D eigenvalue weighted by molar-refractivity contribution is -0.142. The van der Waals surface area contributed by atoms with Crippen LogP contribution in [0.2, 0.25) is 0 Å². The number of hydrogen-bond donors (Lipinski definition) is 2. The van der Waals surface area contributed by atoms with Gasteiger partial charge in [-0.2, -0.15) is 0 Å². The summed E-state index contributed by atoms with van der Waals surface area (Å²) in [5.41, 5.74) is -0.149. The number of nitrogens with zero attached hydrogens (tertiary/aromatic N) is 3. The van der Waals surface area contributed by atoms with E-state index in [9.17, 15) is 19.8 Å². The minimum atomic E-state index is -1.54. The molecule has 1 aromatic carbocycles. The molecule has 0 radical (unpaired) electrons. The minimum Gasteiger partial charge on any atom is -0.496 e. The number of carboxylic acids is 1. The quantitative estimate of drug-likeness (QED) is 0.295. The number of carboxylic acid groups (broad SMARTS) is 1. The molecular formula is C29H33N3O7S. The number of aliphatic carboxylic acids is 1. The Kier molecular flexibility index (Phi) is 7.80. The summed E-state index contributed by atoms with van der Waals surface area (Å²) in [6, 6.07) is 7.59. The number of fused-ring (bicyclic) bond motifs is 1. The highest BCUT2D eigenvalue weighted by Gasteiger charge is 2.37. The number of thiazole rings is 1. The van der Waals surface area contributed by atoms with Gasteiger partial charge in [-0.15, -0.1) is 11.3 Å². The van der Waals surface area contributed by atoms with E-state index in [1.165, 1.54) is 42.0 Å². The molecule has 1 aliphatic carbocycles. The van der Waals surface area contributed by atoms with E-state index in [4.69, 9.17) is 18.9 Å². The van der Waals surface area contributed by atoms with Crippen molar-refractivity contribution in [3.05, 3.63) is 69.7 Å². The van der Waals surface area contributed by atoms with Gasteiger partial charge in [0.05, 0.1) is 37.3 Å². The molecule has 1 atom stereocenters. The molecule has 0 spiro atoms. The highest BCUT2D eigenvalue weighted by Crippen LogP contribution is 2.38. The van der Waals surface area contributed by atoms with Crippen LogP contribution in [0.5, 0.6) is 5.75 Å². The van der Waals surface area contributed by atoms with Crippen molar-refractivity contribution in [1.82, 2.24) is 14.4 Å². The molecule has 212 valence electrons. The van der Waals surface area contributed by atoms with Crippen molar-refractivity contribution >= 4 is 22.1 Å². The molecule has 0 saturated heterocycles. The molecule has 11 heteroatoms. The first-order chi connectivity index (χ1) is 19.1. The van der Waals surface area contributed by atoms with Gasteiger partial charge in [0.15, 0.2) is 0 Å². The molecule has 2 N–H and O–H groups in total. The van der Waals surface area contributed by atoms with Gasteiger partial charge < -0.3 is 24.1 Å². The van der Waals surface area contributed by atoms with Crippen molar-refractivity contribution in [3.8, 4) is 16.5 Å². The summed E-state index contributed by atoms with van der Waals surface area (Å²) < 4.78 is 19.4. The smallest absolute Gasteiger partial charge is 0.315 e. The van der Waals surface area contributed by atoms with Crippen LogP contribution in [0, 0.1) is 6.92 Å². The Morgan fingerprint density at radius 3 is 2.62 bits per heavy atom. The van der Waals surface area contributed by atoms with Crippen LogP contribution in [-0.2, 0) is 21.4 Å². The van der Waals surface area contributed by atoms with Gasteiger partial charge in [0.25, 0.3) is 5.56 Å². The van der Waals surface area contributed by atoms with E-state index in [2.05, 4.69) is 4.98 Å². The van der Waals surface area contributed by atoms with Crippen molar-refractivity contribution in [3.63, 3.8) is 0 Å². The lowest BCUT2D eigenvalue weighted by atomic mass is 9.89. The number of ether oxygens (including phenoxy) is 2. The summed E-state index contributed by atoms with van der Waals surface area (Å²) in [4.78, 5) is 36.2. The van der Waals surface area contributed by atoms with E-state index in [0.29, 0.717) is 58.4 Å². The molecule has 1 fully saturated rings. The minimum absolute atomic E-state index is 0.0630. The molecule has 5 rings (SSSR count). The van der Waals surface area contributed by atoms with Gasteiger partial charge in [0.2, 0.25) is 5.89 Å². The van der Waals surface area contributed by atoms with Crippen LogP contribution in [0.4, 0.5) is 0 Å². The second-order valence-electron chi connectivity index (χ2n) is 10.6. The van der Waals surface area contributed by atoms with E-state index in [-0.39, 0.29) is 24.3 Å². The molecule has 3 aromatic heterocycles. The highest BCUT2D eigenvalue weighted by atomic mass is 32.1. The molecular weight excluding hydrogens is 534 g/mol. The van der Waals surface area contributed by atoms with Crippen molar-refractivity contribution in [2.75, 3.05) is 7.11 Å². The number of carbonyl (C=O) groups is 1. The lowest BCUT2D eigenvalue weighted by Gasteiger charge is -2.30. The van der Waals surface area contributed by atoms with Gasteiger partial charge in [0, 0.05) is 17.7 Å². The summed E-state index contributed by atoms with van der Waals surface area (Å²) in [6.45, 7) is 4.74. The molecule has 1 saturated carbocycles. The average Bonchev–Trinajstić information content (AvgIpc) is 3.59. The summed E-state index contributed by atoms with van der Waals surface area (Å²) in [7, 11) is 1.60. The van der Waals surface area contributed by atoms with Crippen molar-refractivity contribution in [1.29, 1.82) is 0 Å². The van der Waals surface area contributed by atoms with Crippen LogP contribution in [0.25, 0.3) is 15.6 Å². The van der Waals surface area contributed by atoms with Gasteiger partial charge in [-0.3, -0.25) is 14.0 Å². The molecule has 1 aliphatic rings. The number of methoxy groups -OCH3 is 1. The number of oxazole rings is 1. The van der Waals surface area contributed by atoms with Crippen molar-refractivity contribution < 1.29 is 28.9 Å². The number of benzene rings is 1. The highest BCUT2D eigenvalue weighted by molar-refractivity contribution is 7.20. The van der Waals surface area contributed by atoms with Crippen LogP contribution >= 0.6 is 11.3 Å². The Morgan fingerprint density at radius 2 is 1.98 bits per heavy atom. The molecule has 10 nitrogen and oxygen atoms in total. The van der Waals surface area contributed by atoms with E-state index in [0.717, 1.165) is 5.56 Å². The Hall–Kier alpha value is -3.54. The van der Waals surface area contributed by atoms with Gasteiger partial charge in [-0.1, -0.05) is 18.2 Å². The van der Waals surface area contributed by atoms with Gasteiger partial charge >= 0.3 is 5.97 Å². The zero-order valence-corrected chi connectivity index (χ0v) is 23.7. The maximum atomic E-state index is 13.8. The fraction of sp³-hybridized carbons (Fsp3) is 0.448. The SMILES string of the molecule is COc1ccccc1[C@H](Cc1nc(C(C)(C)C(=O)O)c(=O)n2c(C)c(-c3ncco3)sc12)O[C@H]1CC[C@@H](O)CC1. The van der Waals surface area contributed by atoms with E-state index in [1.54, 1.807) is 14.0 Å². The normalized spacial score (nSPS) is 18.6. The number of aliphatic hydroxyl groups excluding tert-OH is 1. The maximum Gasteiger partial charge on any atom is 0.315 e. The van der Waals surface area contributed by atoms with Crippen LogP contribution in [-0.4, -0.2) is 49.9 Å². The number of hydrogen-bond acceptors (Lipinski definition) is 9. The third-order valence-electron chi connectivity index (χ3n) is 7.58. The Morgan fingerprint density at radius 1 is 1.25 bits per heavy atom. The Labute approximate surface area is 235 Å². The van der Waals surface area contributed by atoms with Gasteiger partial charge in [-0.05, 0) is 52.5 Å². The third-order valence-corrected chi connectivity index (χ3v) is 8.87. The molecule has 4 aromatic rings. The fourth-order valence-corrected chi connectivity index (χ4v) is 6.35. The van der Waals surface area contributed by atoms with E-state index in [1.807, 2.05) is 24.3 Å². The molecule has 0 unspecified atom stereocenters. The Bertz CT molecular complexity index is 1570. The zero-order chi connectivity index (χ0) is 28.6. The first-order valence-corrected chi connectivity index (χ1v) is 14.1. The summed E-state index contributed by atoms with van der Waals surface area (Å²) in [6.07, 6.45) is 5.11. The van der Waals surface area contributed by atoms with Gasteiger partial charge in [-0.25, -0.2) is 9.97 Å². The topological polar surface area (TPSA) is 136 Å². The third kappa shape index (κ3) is 5.16. The predicted octanol–water partition coefficient (Wildman–Crippen LogP) is 4.69. The first-order valence-electron chi connectivity index (χ1n) is 13.3. The number of aliphatic hydroxyl groups is 1. The number of rotatable bonds is 9. The molecule has 40 heavy (non-hydrogen) atoms. The van der Waals surface area contributed by atoms with E-state index < -0.39 is 23.0 Å². The van der Waals surface area contributed by atoms with Crippen LogP contribution in [0.15, 0.2) is 45.9 Å². The van der Waals surface area contributed by atoms with Crippen molar-refractivity contribution in [2.45, 2.75) is 76.6 Å². The van der Waals surface area contributed by atoms with Gasteiger partial charge in [0.1, 0.15) is 32.8 Å². The molecule has 0 amide bonds. The lowest BCUT2D eigenvalue weighted by Crippen LogP contribution is -2.38. The fourth-order valence-electron chi connectivity index (χ4n) is 5.17. The maximum absolute atomic E-state index is 13.8. The summed E-state index contributed by atoms with van der Waals surface area (Å²) in [5, 5.41) is 20.0. The predicted molar refractivity (Wildman–Crippen MR) is 149 cm³/mol. The molecule has 0 aliphatic heterocycles. The zero-order valence-electron chi connectivity index (χ0n) is 22.9. The van der Waals surface area contributed by atoms with E-state index >= 15 is 0 Å². The average molecular weight is 568 g/mol. The van der Waals surface area contributed by atoms with Crippen molar-refractivity contribution in [2.24, 2.45) is 0 Å². The van der Waals surface area contributed by atoms with Crippen LogP contribution in [0.3, 0.4) is 0 Å². The Balaban J connectivity index is 1.69. The largest absolute Gasteiger partial charge is 0.496 e. The monoisotopic (exact) mass is 567 g/mol. The van der Waals surface area contributed by atoms with Crippen LogP contribution < -0.4 is 10.3 Å². The number of para-hydroxylation sites is 1. The molecule has 0 bridgehead atoms.